The number of amides is 1. The van der Waals surface area contributed by atoms with E-state index in [4.69, 9.17) is 9.47 Å². The highest BCUT2D eigenvalue weighted by Gasteiger charge is 2.17. The molecule has 1 N–H and O–H groups in total. The average molecular weight is 362 g/mol. The van der Waals surface area contributed by atoms with Crippen molar-refractivity contribution in [2.75, 3.05) is 7.11 Å². The number of nitro benzene ring substituents is 1. The van der Waals surface area contributed by atoms with Crippen LogP contribution in [-0.2, 0) is 22.6 Å². The molecule has 0 spiro atoms. The van der Waals surface area contributed by atoms with Gasteiger partial charge >= 0.3 is 6.09 Å². The molecule has 1 heterocycles. The van der Waals surface area contributed by atoms with E-state index in [9.17, 15) is 14.9 Å². The number of alkyl carbamates (subject to hydrolysis) is 1. The maximum absolute atomic E-state index is 11.8. The van der Waals surface area contributed by atoms with Gasteiger partial charge in [-0.3, -0.25) is 10.1 Å². The summed E-state index contributed by atoms with van der Waals surface area (Å²) in [4.78, 5) is 26.5. The van der Waals surface area contributed by atoms with E-state index in [1.807, 2.05) is 0 Å². The third-order valence-corrected chi connectivity index (χ3v) is 3.25. The number of carbonyl (C=O) groups excluding carboxylic acids is 1. The number of benzene rings is 1. The molecule has 0 saturated heterocycles. The number of nitrogens with one attached hydrogen (secondary N) is 1. The summed E-state index contributed by atoms with van der Waals surface area (Å²) in [5.74, 6) is 0.613. The Labute approximate surface area is 151 Å². The second-order valence-electron chi connectivity index (χ2n) is 6.58. The van der Waals surface area contributed by atoms with Gasteiger partial charge in [-0.05, 0) is 32.9 Å². The van der Waals surface area contributed by atoms with Crippen molar-refractivity contribution < 1.29 is 19.2 Å². The van der Waals surface area contributed by atoms with E-state index in [1.54, 1.807) is 50.8 Å². The second-order valence-corrected chi connectivity index (χ2v) is 6.58. The number of imidazole rings is 1. The molecule has 140 valence electrons. The molecule has 0 radical (unpaired) electrons. The highest BCUT2D eigenvalue weighted by molar-refractivity contribution is 5.67. The van der Waals surface area contributed by atoms with Crippen molar-refractivity contribution in [1.82, 2.24) is 14.9 Å². The molecule has 1 aromatic carbocycles. The first-order valence-corrected chi connectivity index (χ1v) is 7.97. The number of nitrogens with zero attached hydrogens (tertiary/aromatic N) is 3. The SMILES string of the molecule is COCc1nc(CNC(=O)OC(C)(C)C)cn1-c1ccc([N+](=O)[O-])cc1. The molecule has 2 aromatic rings. The minimum Gasteiger partial charge on any atom is -0.444 e. The number of rotatable bonds is 6. The smallest absolute Gasteiger partial charge is 0.407 e. The van der Waals surface area contributed by atoms with Crippen molar-refractivity contribution in [3.8, 4) is 5.69 Å². The monoisotopic (exact) mass is 362 g/mol. The van der Waals surface area contributed by atoms with Crippen LogP contribution in [0.1, 0.15) is 32.3 Å². The zero-order chi connectivity index (χ0) is 19.3. The molecular weight excluding hydrogens is 340 g/mol. The molecule has 0 bridgehead atoms. The van der Waals surface area contributed by atoms with E-state index >= 15 is 0 Å². The first-order chi connectivity index (χ1) is 12.2. The summed E-state index contributed by atoms with van der Waals surface area (Å²) < 4.78 is 12.1. The first-order valence-electron chi connectivity index (χ1n) is 7.97. The van der Waals surface area contributed by atoms with Gasteiger partial charge in [0, 0.05) is 31.1 Å². The fourth-order valence-corrected chi connectivity index (χ4v) is 2.22. The number of carbonyl (C=O) groups is 1. The van der Waals surface area contributed by atoms with Gasteiger partial charge in [-0.25, -0.2) is 9.78 Å². The van der Waals surface area contributed by atoms with Crippen molar-refractivity contribution in [3.63, 3.8) is 0 Å². The van der Waals surface area contributed by atoms with Gasteiger partial charge in [0.25, 0.3) is 5.69 Å². The van der Waals surface area contributed by atoms with E-state index in [0.29, 0.717) is 17.2 Å². The normalized spacial score (nSPS) is 11.2. The summed E-state index contributed by atoms with van der Waals surface area (Å²) in [5.41, 5.74) is 0.748. The van der Waals surface area contributed by atoms with Gasteiger partial charge in [0.15, 0.2) is 0 Å². The Morgan fingerprint density at radius 2 is 1.96 bits per heavy atom. The third kappa shape index (κ3) is 5.28. The van der Waals surface area contributed by atoms with Crippen LogP contribution in [-0.4, -0.2) is 33.3 Å². The summed E-state index contributed by atoms with van der Waals surface area (Å²) in [6.07, 6.45) is 1.21. The Hall–Kier alpha value is -2.94. The van der Waals surface area contributed by atoms with Crippen LogP contribution in [0.3, 0.4) is 0 Å². The number of nitro groups is 1. The third-order valence-electron chi connectivity index (χ3n) is 3.25. The van der Waals surface area contributed by atoms with Crippen LogP contribution in [0.15, 0.2) is 30.5 Å². The summed E-state index contributed by atoms with van der Waals surface area (Å²) in [6, 6.07) is 6.10. The Morgan fingerprint density at radius 3 is 2.50 bits per heavy atom. The number of hydrogen-bond acceptors (Lipinski definition) is 6. The lowest BCUT2D eigenvalue weighted by molar-refractivity contribution is -0.384. The molecule has 2 rings (SSSR count). The van der Waals surface area contributed by atoms with Crippen molar-refractivity contribution in [1.29, 1.82) is 0 Å². The molecule has 26 heavy (non-hydrogen) atoms. The highest BCUT2D eigenvalue weighted by atomic mass is 16.6. The van der Waals surface area contributed by atoms with E-state index in [1.165, 1.54) is 12.1 Å². The summed E-state index contributed by atoms with van der Waals surface area (Å²) in [6.45, 7) is 5.79. The van der Waals surface area contributed by atoms with Crippen LogP contribution < -0.4 is 5.32 Å². The molecule has 0 atom stereocenters. The number of methoxy groups -OCH3 is 1. The Morgan fingerprint density at radius 1 is 1.31 bits per heavy atom. The fourth-order valence-electron chi connectivity index (χ4n) is 2.22. The maximum Gasteiger partial charge on any atom is 0.407 e. The molecule has 0 saturated carbocycles. The lowest BCUT2D eigenvalue weighted by Gasteiger charge is -2.19. The number of ether oxygens (including phenoxy) is 2. The van der Waals surface area contributed by atoms with Crippen LogP contribution >= 0.6 is 0 Å². The molecule has 0 aliphatic heterocycles. The predicted octanol–water partition coefficient (Wildman–Crippen LogP) is 2.95. The molecule has 9 heteroatoms. The Bertz CT molecular complexity index is 777. The van der Waals surface area contributed by atoms with Gasteiger partial charge in [-0.15, -0.1) is 0 Å². The minimum absolute atomic E-state index is 0.00831. The highest BCUT2D eigenvalue weighted by Crippen LogP contribution is 2.18. The van der Waals surface area contributed by atoms with Crippen LogP contribution in [0.25, 0.3) is 5.69 Å². The first kappa shape index (κ1) is 19.4. The number of aromatic nitrogens is 2. The largest absolute Gasteiger partial charge is 0.444 e. The van der Waals surface area contributed by atoms with Gasteiger partial charge in [-0.1, -0.05) is 0 Å². The lowest BCUT2D eigenvalue weighted by atomic mass is 10.2. The van der Waals surface area contributed by atoms with Crippen molar-refractivity contribution in [3.05, 3.63) is 52.1 Å². The predicted molar refractivity (Wildman–Crippen MR) is 94.0 cm³/mol. The quantitative estimate of drug-likeness (QED) is 0.625. The molecule has 1 amide bonds. The van der Waals surface area contributed by atoms with Crippen LogP contribution in [0.5, 0.6) is 0 Å². The van der Waals surface area contributed by atoms with E-state index < -0.39 is 16.6 Å². The minimum atomic E-state index is -0.580. The average Bonchev–Trinajstić information content (AvgIpc) is 2.95. The van der Waals surface area contributed by atoms with Crippen LogP contribution in [0, 0.1) is 10.1 Å². The molecule has 0 fully saturated rings. The van der Waals surface area contributed by atoms with Crippen molar-refractivity contribution >= 4 is 11.8 Å². The van der Waals surface area contributed by atoms with Crippen molar-refractivity contribution in [2.45, 2.75) is 39.5 Å². The van der Waals surface area contributed by atoms with Gasteiger partial charge < -0.3 is 19.4 Å². The standard InChI is InChI=1S/C17H22N4O5/c1-17(2,3)26-16(22)18-9-12-10-20(15(19-12)11-25-4)13-5-7-14(8-6-13)21(23)24/h5-8,10H,9,11H2,1-4H3,(H,18,22). The van der Waals surface area contributed by atoms with E-state index in [-0.39, 0.29) is 18.8 Å². The van der Waals surface area contributed by atoms with E-state index in [2.05, 4.69) is 10.3 Å². The second kappa shape index (κ2) is 7.96. The van der Waals surface area contributed by atoms with Crippen LogP contribution in [0.4, 0.5) is 10.5 Å². The van der Waals surface area contributed by atoms with E-state index in [0.717, 1.165) is 0 Å². The fraction of sp³-hybridized carbons (Fsp3) is 0.412. The molecule has 1 aromatic heterocycles. The molecule has 0 unspecified atom stereocenters. The Kier molecular flexibility index (Phi) is 5.93. The molecule has 0 aliphatic rings. The molecular formula is C17H22N4O5. The maximum atomic E-state index is 11.8. The van der Waals surface area contributed by atoms with Gasteiger partial charge in [0.05, 0.1) is 17.2 Å². The topological polar surface area (TPSA) is 109 Å². The van der Waals surface area contributed by atoms with Gasteiger partial charge in [-0.2, -0.15) is 0 Å². The lowest BCUT2D eigenvalue weighted by Crippen LogP contribution is -2.32. The number of non-ortho nitro benzene ring substituents is 1. The summed E-state index contributed by atoms with van der Waals surface area (Å²) >= 11 is 0. The zero-order valence-corrected chi connectivity index (χ0v) is 15.2. The molecule has 0 aliphatic carbocycles. The number of hydrogen-bond donors (Lipinski definition) is 1. The van der Waals surface area contributed by atoms with Crippen LogP contribution in [0.2, 0.25) is 0 Å². The van der Waals surface area contributed by atoms with Gasteiger partial charge in [0.1, 0.15) is 18.0 Å². The molecule has 9 nitrogen and oxygen atoms in total. The summed E-state index contributed by atoms with van der Waals surface area (Å²) in [5, 5.41) is 13.4. The zero-order valence-electron chi connectivity index (χ0n) is 15.2. The Balaban J connectivity index is 2.17. The van der Waals surface area contributed by atoms with Gasteiger partial charge in [0.2, 0.25) is 0 Å². The summed E-state index contributed by atoms with van der Waals surface area (Å²) in [7, 11) is 1.55. The van der Waals surface area contributed by atoms with Crippen molar-refractivity contribution in [2.24, 2.45) is 0 Å².